The summed E-state index contributed by atoms with van der Waals surface area (Å²) in [7, 11) is 5.55. The van der Waals surface area contributed by atoms with Gasteiger partial charge >= 0.3 is 0 Å². The molecule has 0 aliphatic rings. The van der Waals surface area contributed by atoms with E-state index < -0.39 is 0 Å². The molecule has 0 fully saturated rings. The van der Waals surface area contributed by atoms with Crippen molar-refractivity contribution in [3.8, 4) is 0 Å². The lowest BCUT2D eigenvalue weighted by molar-refractivity contribution is 0.0781. The first-order chi connectivity index (χ1) is 11.5. The molecule has 0 aliphatic carbocycles. The number of thiophene rings is 1. The number of aromatic amines is 1. The van der Waals surface area contributed by atoms with E-state index in [-0.39, 0.29) is 18.0 Å². The Hall–Kier alpha value is -2.67. The number of carbonyl (C=O) groups is 1. The van der Waals surface area contributed by atoms with E-state index in [0.717, 1.165) is 5.69 Å². The summed E-state index contributed by atoms with van der Waals surface area (Å²) < 4.78 is 0.603. The third kappa shape index (κ3) is 3.16. The van der Waals surface area contributed by atoms with Crippen molar-refractivity contribution in [3.05, 3.63) is 57.5 Å². The van der Waals surface area contributed by atoms with E-state index in [0.29, 0.717) is 21.6 Å². The molecule has 0 aliphatic heterocycles. The quantitative estimate of drug-likeness (QED) is 0.790. The molecular formula is C17H18N4O2S. The van der Waals surface area contributed by atoms with Gasteiger partial charge in [0.05, 0.1) is 12.1 Å². The highest BCUT2D eigenvalue weighted by Crippen LogP contribution is 2.16. The SMILES string of the molecule is CN(Cc1nc2ccsc2c(=O)[nH]1)C(=O)c1cccc(N(C)C)c1. The summed E-state index contributed by atoms with van der Waals surface area (Å²) in [6, 6.07) is 9.23. The number of H-pyrrole nitrogens is 1. The number of fused-ring (bicyclic) bond motifs is 1. The largest absolute Gasteiger partial charge is 0.378 e. The second kappa shape index (κ2) is 6.45. The lowest BCUT2D eigenvalue weighted by Crippen LogP contribution is -2.28. The molecule has 0 spiro atoms. The normalized spacial score (nSPS) is 10.8. The van der Waals surface area contributed by atoms with Crippen LogP contribution >= 0.6 is 11.3 Å². The molecule has 2 heterocycles. The first-order valence-corrected chi connectivity index (χ1v) is 8.33. The van der Waals surface area contributed by atoms with Crippen molar-refractivity contribution >= 4 is 33.1 Å². The van der Waals surface area contributed by atoms with Crippen molar-refractivity contribution in [2.45, 2.75) is 6.54 Å². The zero-order valence-electron chi connectivity index (χ0n) is 13.7. The molecular weight excluding hydrogens is 324 g/mol. The maximum atomic E-state index is 12.6. The van der Waals surface area contributed by atoms with Gasteiger partial charge in [0, 0.05) is 32.4 Å². The Bertz CT molecular complexity index is 945. The Kier molecular flexibility index (Phi) is 4.35. The number of carbonyl (C=O) groups excluding carboxylic acids is 1. The number of nitrogens with one attached hydrogen (secondary N) is 1. The average Bonchev–Trinajstić information content (AvgIpc) is 3.03. The molecule has 0 saturated carbocycles. The summed E-state index contributed by atoms with van der Waals surface area (Å²) in [6.45, 7) is 0.242. The molecule has 3 aromatic rings. The molecule has 6 nitrogen and oxygen atoms in total. The lowest BCUT2D eigenvalue weighted by Gasteiger charge is -2.18. The van der Waals surface area contributed by atoms with Gasteiger partial charge in [-0.05, 0) is 29.6 Å². The van der Waals surface area contributed by atoms with Crippen molar-refractivity contribution in [3.63, 3.8) is 0 Å². The summed E-state index contributed by atoms with van der Waals surface area (Å²) >= 11 is 1.36. The van der Waals surface area contributed by atoms with Crippen LogP contribution in [0.3, 0.4) is 0 Å². The van der Waals surface area contributed by atoms with Crippen LogP contribution in [0.5, 0.6) is 0 Å². The zero-order chi connectivity index (χ0) is 17.3. The molecule has 1 aromatic carbocycles. The monoisotopic (exact) mass is 342 g/mol. The fourth-order valence-electron chi connectivity index (χ4n) is 2.43. The van der Waals surface area contributed by atoms with Gasteiger partial charge < -0.3 is 14.8 Å². The van der Waals surface area contributed by atoms with Crippen molar-refractivity contribution < 1.29 is 4.79 Å². The minimum absolute atomic E-state index is 0.119. The summed E-state index contributed by atoms with van der Waals surface area (Å²) in [5.74, 6) is 0.359. The first-order valence-electron chi connectivity index (χ1n) is 7.45. The minimum Gasteiger partial charge on any atom is -0.378 e. The van der Waals surface area contributed by atoms with Gasteiger partial charge in [-0.3, -0.25) is 9.59 Å². The zero-order valence-corrected chi connectivity index (χ0v) is 14.6. The minimum atomic E-state index is -0.166. The van der Waals surface area contributed by atoms with Crippen LogP contribution in [-0.4, -0.2) is 41.9 Å². The Morgan fingerprint density at radius 1 is 1.25 bits per heavy atom. The van der Waals surface area contributed by atoms with Crippen molar-refractivity contribution in [1.82, 2.24) is 14.9 Å². The summed E-state index contributed by atoms with van der Waals surface area (Å²) in [5.41, 5.74) is 2.05. The Morgan fingerprint density at radius 2 is 2.04 bits per heavy atom. The highest BCUT2D eigenvalue weighted by molar-refractivity contribution is 7.17. The maximum absolute atomic E-state index is 12.6. The van der Waals surface area contributed by atoms with E-state index in [9.17, 15) is 9.59 Å². The van der Waals surface area contributed by atoms with E-state index in [1.54, 1.807) is 24.1 Å². The second-order valence-electron chi connectivity index (χ2n) is 5.75. The van der Waals surface area contributed by atoms with Gasteiger partial charge in [-0.25, -0.2) is 4.98 Å². The number of hydrogen-bond acceptors (Lipinski definition) is 5. The van der Waals surface area contributed by atoms with Crippen molar-refractivity contribution in [2.75, 3.05) is 26.0 Å². The molecule has 7 heteroatoms. The first kappa shape index (κ1) is 16.2. The van der Waals surface area contributed by atoms with Gasteiger partial charge in [-0.15, -0.1) is 11.3 Å². The number of aromatic nitrogens is 2. The van der Waals surface area contributed by atoms with Gasteiger partial charge in [0.2, 0.25) is 0 Å². The predicted molar refractivity (Wildman–Crippen MR) is 96.8 cm³/mol. The molecule has 0 atom stereocenters. The number of nitrogens with zero attached hydrogens (tertiary/aromatic N) is 3. The van der Waals surface area contributed by atoms with Crippen LogP contribution in [0.25, 0.3) is 10.2 Å². The van der Waals surface area contributed by atoms with E-state index in [1.807, 2.05) is 42.6 Å². The van der Waals surface area contributed by atoms with Crippen LogP contribution in [0.4, 0.5) is 5.69 Å². The lowest BCUT2D eigenvalue weighted by atomic mass is 10.1. The van der Waals surface area contributed by atoms with Gasteiger partial charge in [-0.2, -0.15) is 0 Å². The van der Waals surface area contributed by atoms with Gasteiger partial charge in [0.25, 0.3) is 11.5 Å². The van der Waals surface area contributed by atoms with E-state index >= 15 is 0 Å². The van der Waals surface area contributed by atoms with Crippen LogP contribution in [0.2, 0.25) is 0 Å². The maximum Gasteiger partial charge on any atom is 0.268 e. The number of amides is 1. The molecule has 0 unspecified atom stereocenters. The third-order valence-corrected chi connectivity index (χ3v) is 4.61. The summed E-state index contributed by atoms with van der Waals surface area (Å²) in [4.78, 5) is 35.3. The van der Waals surface area contributed by atoms with Crippen molar-refractivity contribution in [1.29, 1.82) is 0 Å². The number of hydrogen-bond donors (Lipinski definition) is 1. The molecule has 0 radical (unpaired) electrons. The molecule has 3 rings (SSSR count). The smallest absolute Gasteiger partial charge is 0.268 e. The van der Waals surface area contributed by atoms with E-state index in [1.165, 1.54) is 11.3 Å². The van der Waals surface area contributed by atoms with Crippen LogP contribution in [0, 0.1) is 0 Å². The van der Waals surface area contributed by atoms with Crippen molar-refractivity contribution in [2.24, 2.45) is 0 Å². The Balaban J connectivity index is 1.83. The average molecular weight is 342 g/mol. The number of benzene rings is 1. The number of anilines is 1. The molecule has 1 N–H and O–H groups in total. The molecule has 0 saturated heterocycles. The van der Waals surface area contributed by atoms with Crippen LogP contribution in [-0.2, 0) is 6.54 Å². The molecule has 24 heavy (non-hydrogen) atoms. The Labute approximate surface area is 143 Å². The molecule has 2 aromatic heterocycles. The molecule has 1 amide bonds. The summed E-state index contributed by atoms with van der Waals surface area (Å²) in [5, 5.41) is 1.83. The molecule has 0 bridgehead atoms. The fourth-order valence-corrected chi connectivity index (χ4v) is 3.16. The second-order valence-corrected chi connectivity index (χ2v) is 6.67. The van der Waals surface area contributed by atoms with Crippen LogP contribution in [0.1, 0.15) is 16.2 Å². The van der Waals surface area contributed by atoms with E-state index in [2.05, 4.69) is 9.97 Å². The third-order valence-electron chi connectivity index (χ3n) is 3.71. The van der Waals surface area contributed by atoms with Crippen LogP contribution in [0.15, 0.2) is 40.5 Å². The van der Waals surface area contributed by atoms with E-state index in [4.69, 9.17) is 0 Å². The standard InChI is InChI=1S/C17H18N4O2S/c1-20(2)12-6-4-5-11(9-12)17(23)21(3)10-14-18-13-7-8-24-15(13)16(22)19-14/h4-9H,10H2,1-3H3,(H,18,19,22). The molecule has 124 valence electrons. The highest BCUT2D eigenvalue weighted by atomic mass is 32.1. The number of rotatable bonds is 4. The Morgan fingerprint density at radius 3 is 2.79 bits per heavy atom. The highest BCUT2D eigenvalue weighted by Gasteiger charge is 2.15. The van der Waals surface area contributed by atoms with Gasteiger partial charge in [0.15, 0.2) is 0 Å². The topological polar surface area (TPSA) is 69.3 Å². The van der Waals surface area contributed by atoms with Crippen LogP contribution < -0.4 is 10.5 Å². The van der Waals surface area contributed by atoms with Gasteiger partial charge in [0.1, 0.15) is 10.5 Å². The van der Waals surface area contributed by atoms with Gasteiger partial charge in [-0.1, -0.05) is 6.07 Å². The predicted octanol–water partition coefficient (Wildman–Crippen LogP) is 2.32. The fraction of sp³-hybridized carbons (Fsp3) is 0.235. The summed E-state index contributed by atoms with van der Waals surface area (Å²) in [6.07, 6.45) is 0.